The van der Waals surface area contributed by atoms with E-state index in [2.05, 4.69) is 20.7 Å². The molecule has 2 aromatic carbocycles. The van der Waals surface area contributed by atoms with Gasteiger partial charge < -0.3 is 10.8 Å². The molecule has 0 heterocycles. The van der Waals surface area contributed by atoms with Crippen molar-refractivity contribution in [2.45, 2.75) is 4.90 Å². The highest BCUT2D eigenvalue weighted by atomic mass is 79.9. The molecule has 0 fully saturated rings. The predicted octanol–water partition coefficient (Wildman–Crippen LogP) is 2.68. The maximum atomic E-state index is 12.9. The molecule has 20 heavy (non-hydrogen) atoms. The number of hydrogen-bond donors (Lipinski definition) is 3. The molecule has 0 bridgehead atoms. The zero-order chi connectivity index (χ0) is 14.9. The van der Waals surface area contributed by atoms with E-state index in [1.807, 2.05) is 0 Å². The molecular formula is C12H10BrFN2O3S. The molecule has 0 aliphatic carbocycles. The Balaban J connectivity index is 2.38. The van der Waals surface area contributed by atoms with Crippen molar-refractivity contribution in [1.82, 2.24) is 0 Å². The number of phenols is 1. The number of halogens is 2. The molecule has 8 heteroatoms. The second-order valence-corrected chi connectivity index (χ2v) is 6.49. The van der Waals surface area contributed by atoms with E-state index in [4.69, 9.17) is 5.73 Å². The zero-order valence-electron chi connectivity index (χ0n) is 9.97. The van der Waals surface area contributed by atoms with Crippen LogP contribution < -0.4 is 10.5 Å². The van der Waals surface area contributed by atoms with E-state index in [9.17, 15) is 17.9 Å². The predicted molar refractivity (Wildman–Crippen MR) is 77.4 cm³/mol. The summed E-state index contributed by atoms with van der Waals surface area (Å²) in [6, 6.07) is 7.10. The van der Waals surface area contributed by atoms with Crippen molar-refractivity contribution in [2.75, 3.05) is 10.5 Å². The summed E-state index contributed by atoms with van der Waals surface area (Å²) < 4.78 is 39.8. The maximum absolute atomic E-state index is 12.9. The van der Waals surface area contributed by atoms with Gasteiger partial charge in [-0.15, -0.1) is 0 Å². The lowest BCUT2D eigenvalue weighted by Gasteiger charge is -2.10. The topological polar surface area (TPSA) is 92.4 Å². The lowest BCUT2D eigenvalue weighted by molar-refractivity contribution is 0.477. The van der Waals surface area contributed by atoms with Gasteiger partial charge in [-0.1, -0.05) is 0 Å². The number of benzene rings is 2. The fourth-order valence-electron chi connectivity index (χ4n) is 1.48. The normalized spacial score (nSPS) is 11.3. The van der Waals surface area contributed by atoms with Crippen LogP contribution in [0.25, 0.3) is 0 Å². The van der Waals surface area contributed by atoms with Gasteiger partial charge in [-0.25, -0.2) is 12.8 Å². The summed E-state index contributed by atoms with van der Waals surface area (Å²) in [6.07, 6.45) is 0. The number of anilines is 2. The van der Waals surface area contributed by atoms with E-state index in [0.717, 1.165) is 18.2 Å². The van der Waals surface area contributed by atoms with E-state index in [1.54, 1.807) is 0 Å². The van der Waals surface area contributed by atoms with Crippen molar-refractivity contribution < 1.29 is 17.9 Å². The standard InChI is InChI=1S/C12H10BrFN2O3S/c13-9-5-7(14)1-3-11(9)16-20(18,19)8-2-4-12(17)10(15)6-8/h1-6,16-17H,15H2. The summed E-state index contributed by atoms with van der Waals surface area (Å²) in [5.41, 5.74) is 5.60. The van der Waals surface area contributed by atoms with E-state index in [0.29, 0.717) is 0 Å². The minimum Gasteiger partial charge on any atom is -0.506 e. The zero-order valence-corrected chi connectivity index (χ0v) is 12.4. The van der Waals surface area contributed by atoms with Crippen molar-refractivity contribution in [3.63, 3.8) is 0 Å². The maximum Gasteiger partial charge on any atom is 0.262 e. The first-order chi connectivity index (χ1) is 9.29. The molecule has 0 saturated heterocycles. The monoisotopic (exact) mass is 360 g/mol. The van der Waals surface area contributed by atoms with Gasteiger partial charge in [-0.2, -0.15) is 0 Å². The van der Waals surface area contributed by atoms with Crippen LogP contribution in [0, 0.1) is 5.82 Å². The van der Waals surface area contributed by atoms with E-state index in [-0.39, 0.29) is 26.5 Å². The molecule has 0 atom stereocenters. The summed E-state index contributed by atoms with van der Waals surface area (Å²) in [5.74, 6) is -0.694. The third-order valence-corrected chi connectivity index (χ3v) is 4.50. The van der Waals surface area contributed by atoms with Gasteiger partial charge in [0.1, 0.15) is 11.6 Å². The number of nitrogen functional groups attached to an aromatic ring is 1. The minimum atomic E-state index is -3.88. The van der Waals surface area contributed by atoms with Crippen molar-refractivity contribution in [1.29, 1.82) is 0 Å². The van der Waals surface area contributed by atoms with Gasteiger partial charge in [-0.3, -0.25) is 4.72 Å². The van der Waals surface area contributed by atoms with Crippen LogP contribution in [0.5, 0.6) is 5.75 Å². The van der Waals surface area contributed by atoms with Crippen molar-refractivity contribution in [3.05, 3.63) is 46.7 Å². The molecule has 106 valence electrons. The first kappa shape index (κ1) is 14.6. The van der Waals surface area contributed by atoms with Crippen LogP contribution in [0.4, 0.5) is 15.8 Å². The van der Waals surface area contributed by atoms with Gasteiger partial charge in [0, 0.05) is 4.47 Å². The van der Waals surface area contributed by atoms with Gasteiger partial charge in [0.05, 0.1) is 16.3 Å². The highest BCUT2D eigenvalue weighted by Gasteiger charge is 2.17. The largest absolute Gasteiger partial charge is 0.506 e. The summed E-state index contributed by atoms with van der Waals surface area (Å²) in [5, 5.41) is 9.28. The molecule has 0 aliphatic rings. The van der Waals surface area contributed by atoms with Gasteiger partial charge in [0.15, 0.2) is 0 Å². The molecule has 2 rings (SSSR count). The Bertz CT molecular complexity index is 765. The Morgan fingerprint density at radius 2 is 1.90 bits per heavy atom. The second-order valence-electron chi connectivity index (χ2n) is 3.95. The first-order valence-corrected chi connectivity index (χ1v) is 7.63. The lowest BCUT2D eigenvalue weighted by Crippen LogP contribution is -2.13. The number of rotatable bonds is 3. The van der Waals surface area contributed by atoms with Crippen LogP contribution in [0.3, 0.4) is 0 Å². The van der Waals surface area contributed by atoms with Gasteiger partial charge >= 0.3 is 0 Å². The van der Waals surface area contributed by atoms with Gasteiger partial charge in [0.25, 0.3) is 10.0 Å². The molecule has 4 N–H and O–H groups in total. The van der Waals surface area contributed by atoms with Crippen LogP contribution in [-0.4, -0.2) is 13.5 Å². The Kier molecular flexibility index (Phi) is 3.87. The number of hydrogen-bond acceptors (Lipinski definition) is 4. The molecule has 0 amide bonds. The fraction of sp³-hybridized carbons (Fsp3) is 0. The Labute approximate surface area is 123 Å². The van der Waals surface area contributed by atoms with Crippen LogP contribution in [0.15, 0.2) is 45.8 Å². The average Bonchev–Trinajstić information content (AvgIpc) is 2.36. The second kappa shape index (κ2) is 5.29. The molecule has 5 nitrogen and oxygen atoms in total. The summed E-state index contributed by atoms with van der Waals surface area (Å²) in [6.45, 7) is 0. The summed E-state index contributed by atoms with van der Waals surface area (Å²) in [7, 11) is -3.88. The van der Waals surface area contributed by atoms with Gasteiger partial charge in [0.2, 0.25) is 0 Å². The number of aromatic hydroxyl groups is 1. The minimum absolute atomic E-state index is 0.0500. The highest BCUT2D eigenvalue weighted by Crippen LogP contribution is 2.28. The molecule has 0 aromatic heterocycles. The Morgan fingerprint density at radius 1 is 1.20 bits per heavy atom. The van der Waals surface area contributed by atoms with E-state index in [1.165, 1.54) is 18.2 Å². The lowest BCUT2D eigenvalue weighted by atomic mass is 10.3. The molecule has 0 spiro atoms. The van der Waals surface area contributed by atoms with Crippen LogP contribution in [0.2, 0.25) is 0 Å². The number of phenolic OH excluding ortho intramolecular Hbond substituents is 1. The van der Waals surface area contributed by atoms with Crippen LogP contribution >= 0.6 is 15.9 Å². The van der Waals surface area contributed by atoms with Crippen LogP contribution in [-0.2, 0) is 10.0 Å². The number of sulfonamides is 1. The van der Waals surface area contributed by atoms with Crippen LogP contribution in [0.1, 0.15) is 0 Å². The fourth-order valence-corrected chi connectivity index (χ4v) is 3.17. The van der Waals surface area contributed by atoms with E-state index < -0.39 is 15.8 Å². The van der Waals surface area contributed by atoms with Crippen molar-refractivity contribution >= 4 is 37.3 Å². The first-order valence-electron chi connectivity index (χ1n) is 5.36. The Morgan fingerprint density at radius 3 is 2.50 bits per heavy atom. The molecular weight excluding hydrogens is 351 g/mol. The summed E-state index contributed by atoms with van der Waals surface area (Å²) in [4.78, 5) is -0.107. The third-order valence-electron chi connectivity index (χ3n) is 2.48. The Hall–Kier alpha value is -1.80. The van der Waals surface area contributed by atoms with Crippen molar-refractivity contribution in [2.24, 2.45) is 0 Å². The molecule has 0 saturated carbocycles. The highest BCUT2D eigenvalue weighted by molar-refractivity contribution is 9.10. The quantitative estimate of drug-likeness (QED) is 0.579. The smallest absolute Gasteiger partial charge is 0.262 e. The summed E-state index contributed by atoms with van der Waals surface area (Å²) >= 11 is 3.07. The van der Waals surface area contributed by atoms with Crippen molar-refractivity contribution in [3.8, 4) is 5.75 Å². The van der Waals surface area contributed by atoms with E-state index >= 15 is 0 Å². The SMILES string of the molecule is Nc1cc(S(=O)(=O)Nc2ccc(F)cc2Br)ccc1O. The van der Waals surface area contributed by atoms with Gasteiger partial charge in [-0.05, 0) is 52.3 Å². The third kappa shape index (κ3) is 3.02. The molecule has 0 aliphatic heterocycles. The average molecular weight is 361 g/mol. The molecule has 0 unspecified atom stereocenters. The molecule has 0 radical (unpaired) electrons. The number of nitrogens with two attached hydrogens (primary N) is 1. The number of nitrogens with one attached hydrogen (secondary N) is 1. The molecule has 2 aromatic rings.